The second-order valence-electron chi connectivity index (χ2n) is 10.5. The number of fused-ring (bicyclic) bond motifs is 2. The zero-order valence-electron chi connectivity index (χ0n) is 25.1. The van der Waals surface area contributed by atoms with Crippen LogP contribution in [0.1, 0.15) is 28.7 Å². The fraction of sp³-hybridized carbons (Fsp3) is 0.333. The molecule has 1 aliphatic heterocycles. The highest BCUT2D eigenvalue weighted by molar-refractivity contribution is 5.79. The number of anilines is 3. The zero-order chi connectivity index (χ0) is 29.9. The molecule has 0 atom stereocenters. The summed E-state index contributed by atoms with van der Waals surface area (Å²) in [5.74, 6) is 0.824. The molecule has 0 fully saturated rings. The summed E-state index contributed by atoms with van der Waals surface area (Å²) in [4.78, 5) is 2.23. The molecule has 0 aliphatic carbocycles. The summed E-state index contributed by atoms with van der Waals surface area (Å²) in [6.07, 6.45) is 1.65. The molecule has 226 valence electrons. The van der Waals surface area contributed by atoms with E-state index in [-0.39, 0.29) is 6.61 Å². The van der Waals surface area contributed by atoms with Gasteiger partial charge < -0.3 is 34.3 Å². The number of hydrogen-bond acceptors (Lipinski definition) is 7. The van der Waals surface area contributed by atoms with Crippen molar-refractivity contribution in [3.63, 3.8) is 0 Å². The maximum Gasteiger partial charge on any atom is 0.147 e. The Labute approximate surface area is 255 Å². The molecule has 2 N–H and O–H groups in total. The Bertz CT molecular complexity index is 1380. The lowest BCUT2D eigenvalue weighted by atomic mass is 9.76. The first-order valence-electron chi connectivity index (χ1n) is 15.0. The van der Waals surface area contributed by atoms with E-state index in [9.17, 15) is 0 Å². The van der Waals surface area contributed by atoms with Gasteiger partial charge in [0.25, 0.3) is 0 Å². The number of para-hydroxylation sites is 2. The number of aliphatic hydroxyl groups is 1. The summed E-state index contributed by atoms with van der Waals surface area (Å²) in [5, 5.41) is 12.4. The number of aryl methyl sites for hydroxylation is 1. The molecule has 7 nitrogen and oxygen atoms in total. The van der Waals surface area contributed by atoms with E-state index in [1.165, 1.54) is 5.56 Å². The Hall–Kier alpha value is -3.88. The van der Waals surface area contributed by atoms with Crippen LogP contribution in [0.15, 0.2) is 97.1 Å². The lowest BCUT2D eigenvalue weighted by Crippen LogP contribution is -2.38. The standard InChI is InChI=1S/C36H42N2O5/c1-38-34-11-5-3-9-32(34)36(40-2,33-10-4-6-12-35(33)38)29-15-17-30(18-16-29)37-21-23-41-24-25-42-26-27-43-31-19-13-28(14-20-31)8-7-22-39/h3-6,9-20,37,39H,7-8,21-27H2,1-2H3. The molecule has 0 radical (unpaired) electrons. The van der Waals surface area contributed by atoms with Crippen LogP contribution in [-0.4, -0.2) is 65.5 Å². The third-order valence-corrected chi connectivity index (χ3v) is 7.88. The topological polar surface area (TPSA) is 72.4 Å². The average Bonchev–Trinajstić information content (AvgIpc) is 3.06. The van der Waals surface area contributed by atoms with Gasteiger partial charge in [-0.05, 0) is 60.4 Å². The highest BCUT2D eigenvalue weighted by Crippen LogP contribution is 2.52. The van der Waals surface area contributed by atoms with Crippen LogP contribution in [0.4, 0.5) is 17.1 Å². The van der Waals surface area contributed by atoms with E-state index in [2.05, 4.69) is 90.1 Å². The summed E-state index contributed by atoms with van der Waals surface area (Å²) in [6, 6.07) is 33.4. The Morgan fingerprint density at radius 2 is 1.33 bits per heavy atom. The fourth-order valence-corrected chi connectivity index (χ4v) is 5.72. The van der Waals surface area contributed by atoms with Crippen LogP contribution in [0.3, 0.4) is 0 Å². The molecule has 0 amide bonds. The SMILES string of the molecule is COC1(c2ccc(NCCOCCOCCOc3ccc(CCCO)cc3)cc2)c2ccccc2N(C)c2ccccc21. The largest absolute Gasteiger partial charge is 0.491 e. The normalized spacial score (nSPS) is 13.3. The number of ether oxygens (including phenoxy) is 4. The number of methoxy groups -OCH3 is 1. The smallest absolute Gasteiger partial charge is 0.147 e. The minimum atomic E-state index is -0.697. The first-order chi connectivity index (χ1) is 21.2. The van der Waals surface area contributed by atoms with Gasteiger partial charge in [0.15, 0.2) is 0 Å². The molecule has 0 bridgehead atoms. The fourth-order valence-electron chi connectivity index (χ4n) is 5.72. The quantitative estimate of drug-likeness (QED) is 0.154. The molecular weight excluding hydrogens is 540 g/mol. The van der Waals surface area contributed by atoms with E-state index in [1.807, 2.05) is 24.3 Å². The van der Waals surface area contributed by atoms with Crippen molar-refractivity contribution >= 4 is 17.1 Å². The van der Waals surface area contributed by atoms with Gasteiger partial charge in [-0.2, -0.15) is 0 Å². The van der Waals surface area contributed by atoms with Crippen molar-refractivity contribution in [2.45, 2.75) is 18.4 Å². The molecule has 5 rings (SSSR count). The first-order valence-corrected chi connectivity index (χ1v) is 15.0. The summed E-state index contributed by atoms with van der Waals surface area (Å²) in [7, 11) is 3.90. The first kappa shape index (κ1) is 30.6. The molecular formula is C36H42N2O5. The van der Waals surface area contributed by atoms with Crippen molar-refractivity contribution < 1.29 is 24.1 Å². The number of hydrogen-bond donors (Lipinski definition) is 2. The predicted molar refractivity (Wildman–Crippen MR) is 172 cm³/mol. The molecule has 4 aromatic rings. The zero-order valence-corrected chi connectivity index (χ0v) is 25.1. The molecule has 0 aromatic heterocycles. The second-order valence-corrected chi connectivity index (χ2v) is 10.5. The number of benzene rings is 4. The highest BCUT2D eigenvalue weighted by Gasteiger charge is 2.44. The van der Waals surface area contributed by atoms with Crippen LogP contribution < -0.4 is 15.0 Å². The molecule has 0 saturated heterocycles. The molecule has 7 heteroatoms. The van der Waals surface area contributed by atoms with Gasteiger partial charge in [0.1, 0.15) is 18.0 Å². The van der Waals surface area contributed by atoms with E-state index < -0.39 is 5.60 Å². The Kier molecular flexibility index (Phi) is 10.7. The monoisotopic (exact) mass is 582 g/mol. The van der Waals surface area contributed by atoms with Gasteiger partial charge in [-0.3, -0.25) is 0 Å². The van der Waals surface area contributed by atoms with Crippen LogP contribution in [0, 0.1) is 0 Å². The number of rotatable bonds is 16. The Morgan fingerprint density at radius 3 is 1.95 bits per heavy atom. The van der Waals surface area contributed by atoms with Crippen molar-refractivity contribution in [2.75, 3.05) is 70.6 Å². The van der Waals surface area contributed by atoms with Crippen molar-refractivity contribution in [1.29, 1.82) is 0 Å². The molecule has 1 heterocycles. The minimum Gasteiger partial charge on any atom is -0.491 e. The average molecular weight is 583 g/mol. The Balaban J connectivity index is 1.05. The van der Waals surface area contributed by atoms with Crippen molar-refractivity contribution in [1.82, 2.24) is 0 Å². The lowest BCUT2D eigenvalue weighted by Gasteiger charge is -2.43. The van der Waals surface area contributed by atoms with Crippen LogP contribution >= 0.6 is 0 Å². The van der Waals surface area contributed by atoms with E-state index in [4.69, 9.17) is 24.1 Å². The van der Waals surface area contributed by atoms with Gasteiger partial charge in [0, 0.05) is 55.5 Å². The molecule has 0 saturated carbocycles. The maximum atomic E-state index is 8.93. The minimum absolute atomic E-state index is 0.213. The number of nitrogens with zero attached hydrogens (tertiary/aromatic N) is 1. The van der Waals surface area contributed by atoms with Gasteiger partial charge in [0.2, 0.25) is 0 Å². The van der Waals surface area contributed by atoms with Crippen molar-refractivity contribution in [3.05, 3.63) is 119 Å². The van der Waals surface area contributed by atoms with Gasteiger partial charge in [-0.25, -0.2) is 0 Å². The third-order valence-electron chi connectivity index (χ3n) is 7.88. The highest BCUT2D eigenvalue weighted by atomic mass is 16.5. The number of aliphatic hydroxyl groups excluding tert-OH is 1. The van der Waals surface area contributed by atoms with Crippen LogP contribution in [-0.2, 0) is 26.2 Å². The Morgan fingerprint density at radius 1 is 0.721 bits per heavy atom. The molecule has 0 spiro atoms. The van der Waals surface area contributed by atoms with Gasteiger partial charge in [-0.1, -0.05) is 60.7 Å². The summed E-state index contributed by atoms with van der Waals surface area (Å²) < 4.78 is 23.5. The van der Waals surface area contributed by atoms with E-state index in [0.717, 1.165) is 52.3 Å². The van der Waals surface area contributed by atoms with E-state index in [1.54, 1.807) is 7.11 Å². The van der Waals surface area contributed by atoms with Crippen molar-refractivity contribution in [2.24, 2.45) is 0 Å². The van der Waals surface area contributed by atoms with E-state index >= 15 is 0 Å². The van der Waals surface area contributed by atoms with E-state index in [0.29, 0.717) is 39.6 Å². The molecule has 1 aliphatic rings. The summed E-state index contributed by atoms with van der Waals surface area (Å²) >= 11 is 0. The van der Waals surface area contributed by atoms with Crippen LogP contribution in [0.5, 0.6) is 5.75 Å². The predicted octanol–water partition coefficient (Wildman–Crippen LogP) is 6.16. The van der Waals surface area contributed by atoms with Crippen LogP contribution in [0.2, 0.25) is 0 Å². The van der Waals surface area contributed by atoms with Crippen LogP contribution in [0.25, 0.3) is 0 Å². The number of nitrogens with one attached hydrogen (secondary N) is 1. The van der Waals surface area contributed by atoms with Gasteiger partial charge in [0.05, 0.1) is 26.4 Å². The van der Waals surface area contributed by atoms with Crippen molar-refractivity contribution in [3.8, 4) is 5.75 Å². The lowest BCUT2D eigenvalue weighted by molar-refractivity contribution is 0.0395. The molecule has 4 aromatic carbocycles. The molecule has 43 heavy (non-hydrogen) atoms. The maximum absolute atomic E-state index is 8.93. The third kappa shape index (κ3) is 7.03. The summed E-state index contributed by atoms with van der Waals surface area (Å²) in [6.45, 7) is 3.55. The van der Waals surface area contributed by atoms with Gasteiger partial charge >= 0.3 is 0 Å². The second kappa shape index (κ2) is 15.0. The molecule has 0 unspecified atom stereocenters. The summed E-state index contributed by atoms with van der Waals surface area (Å²) in [5.41, 5.74) is 7.15. The van der Waals surface area contributed by atoms with Gasteiger partial charge in [-0.15, -0.1) is 0 Å².